The predicted octanol–water partition coefficient (Wildman–Crippen LogP) is 2.69. The molecule has 0 bridgehead atoms. The van der Waals surface area contributed by atoms with Crippen LogP contribution < -0.4 is 5.32 Å². The van der Waals surface area contributed by atoms with Crippen molar-refractivity contribution in [1.82, 2.24) is 5.32 Å². The Morgan fingerprint density at radius 2 is 2.19 bits per heavy atom. The highest BCUT2D eigenvalue weighted by Crippen LogP contribution is 2.12. The summed E-state index contributed by atoms with van der Waals surface area (Å²) >= 11 is 3.38. The van der Waals surface area contributed by atoms with Crippen molar-refractivity contribution in [3.8, 4) is 0 Å². The van der Waals surface area contributed by atoms with Gasteiger partial charge in [-0.2, -0.15) is 0 Å². The highest BCUT2D eigenvalue weighted by atomic mass is 79.9. The summed E-state index contributed by atoms with van der Waals surface area (Å²) in [5, 5.41) is 2.91. The van der Waals surface area contributed by atoms with Crippen LogP contribution in [0, 0.1) is 0 Å². The van der Waals surface area contributed by atoms with Gasteiger partial charge in [0.05, 0.1) is 19.1 Å². The predicted molar refractivity (Wildman–Crippen MR) is 85.3 cm³/mol. The average Bonchev–Trinajstić information content (AvgIpc) is 2.98. The van der Waals surface area contributed by atoms with E-state index in [1.807, 2.05) is 24.3 Å². The fourth-order valence-electron chi connectivity index (χ4n) is 2.24. The molecule has 0 radical (unpaired) electrons. The van der Waals surface area contributed by atoms with E-state index in [1.165, 1.54) is 0 Å². The van der Waals surface area contributed by atoms with Gasteiger partial charge < -0.3 is 14.8 Å². The molecular formula is C16H22BrNO3. The lowest BCUT2D eigenvalue weighted by molar-refractivity contribution is -0.120. The van der Waals surface area contributed by atoms with Crippen molar-refractivity contribution in [3.05, 3.63) is 34.3 Å². The molecule has 1 aliphatic heterocycles. The van der Waals surface area contributed by atoms with Gasteiger partial charge in [-0.1, -0.05) is 28.1 Å². The summed E-state index contributed by atoms with van der Waals surface area (Å²) in [6.07, 6.45) is 3.77. The highest BCUT2D eigenvalue weighted by molar-refractivity contribution is 9.10. The second kappa shape index (κ2) is 9.18. The van der Waals surface area contributed by atoms with E-state index in [2.05, 4.69) is 21.2 Å². The van der Waals surface area contributed by atoms with Crippen molar-refractivity contribution in [2.24, 2.45) is 0 Å². The molecule has 1 saturated heterocycles. The molecule has 0 aromatic heterocycles. The molecule has 0 saturated carbocycles. The van der Waals surface area contributed by atoms with E-state index in [-0.39, 0.29) is 12.0 Å². The maximum Gasteiger partial charge on any atom is 0.224 e. The van der Waals surface area contributed by atoms with Crippen LogP contribution in [0.25, 0.3) is 0 Å². The molecular weight excluding hydrogens is 334 g/mol. The Kier molecular flexibility index (Phi) is 7.19. The zero-order valence-corrected chi connectivity index (χ0v) is 13.7. The Bertz CT molecular complexity index is 430. The first-order chi connectivity index (χ1) is 10.2. The second-order valence-corrected chi connectivity index (χ2v) is 6.13. The largest absolute Gasteiger partial charge is 0.379 e. The number of carbonyl (C=O) groups excluding carboxylic acids is 1. The van der Waals surface area contributed by atoms with E-state index < -0.39 is 0 Å². The van der Waals surface area contributed by atoms with Gasteiger partial charge in [-0.15, -0.1) is 0 Å². The summed E-state index contributed by atoms with van der Waals surface area (Å²) < 4.78 is 12.0. The third kappa shape index (κ3) is 6.59. The molecule has 1 aromatic carbocycles. The van der Waals surface area contributed by atoms with Gasteiger partial charge >= 0.3 is 0 Å². The lowest BCUT2D eigenvalue weighted by atomic mass is 10.1. The molecule has 0 aliphatic carbocycles. The summed E-state index contributed by atoms with van der Waals surface area (Å²) in [6.45, 7) is 2.85. The minimum Gasteiger partial charge on any atom is -0.379 e. The smallest absolute Gasteiger partial charge is 0.224 e. The normalized spacial score (nSPS) is 17.9. The molecule has 1 N–H and O–H groups in total. The molecule has 21 heavy (non-hydrogen) atoms. The number of ether oxygens (including phenoxy) is 2. The van der Waals surface area contributed by atoms with Crippen LogP contribution in [0.2, 0.25) is 0 Å². The third-order valence-electron chi connectivity index (χ3n) is 3.39. The van der Waals surface area contributed by atoms with Crippen molar-refractivity contribution in [3.63, 3.8) is 0 Å². The van der Waals surface area contributed by atoms with Crippen LogP contribution in [0.5, 0.6) is 0 Å². The van der Waals surface area contributed by atoms with Gasteiger partial charge in [0.2, 0.25) is 5.91 Å². The summed E-state index contributed by atoms with van der Waals surface area (Å²) in [4.78, 5) is 11.8. The van der Waals surface area contributed by atoms with Gasteiger partial charge in [0.1, 0.15) is 0 Å². The van der Waals surface area contributed by atoms with Gasteiger partial charge in [-0.05, 0) is 37.0 Å². The Hall–Kier alpha value is -0.910. The standard InChI is InChI=1S/C16H22BrNO3/c17-14-6-4-13(5-7-14)11-16(19)18-8-2-9-20-12-15-3-1-10-21-15/h4-7,15H,1-3,8-12H2,(H,18,19). The number of hydrogen-bond donors (Lipinski definition) is 1. The number of benzene rings is 1. The van der Waals surface area contributed by atoms with Gasteiger partial charge in [0, 0.05) is 24.2 Å². The molecule has 1 unspecified atom stereocenters. The van der Waals surface area contributed by atoms with E-state index in [0.29, 0.717) is 26.2 Å². The Labute approximate surface area is 134 Å². The number of carbonyl (C=O) groups is 1. The van der Waals surface area contributed by atoms with Crippen LogP contribution in [0.15, 0.2) is 28.7 Å². The van der Waals surface area contributed by atoms with Crippen LogP contribution >= 0.6 is 15.9 Å². The number of nitrogens with one attached hydrogen (secondary N) is 1. The molecule has 1 amide bonds. The van der Waals surface area contributed by atoms with Gasteiger partial charge in [0.25, 0.3) is 0 Å². The molecule has 1 aromatic rings. The van der Waals surface area contributed by atoms with Crippen molar-refractivity contribution in [1.29, 1.82) is 0 Å². The molecule has 1 atom stereocenters. The quantitative estimate of drug-likeness (QED) is 0.729. The van der Waals surface area contributed by atoms with E-state index >= 15 is 0 Å². The minimum absolute atomic E-state index is 0.0523. The van der Waals surface area contributed by atoms with E-state index in [0.717, 1.165) is 35.9 Å². The molecule has 1 heterocycles. The first kappa shape index (κ1) is 16.5. The molecule has 1 aliphatic rings. The molecule has 1 fully saturated rings. The molecule has 5 heteroatoms. The number of amides is 1. The van der Waals surface area contributed by atoms with Gasteiger partial charge in [-0.3, -0.25) is 4.79 Å². The summed E-state index contributed by atoms with van der Waals surface area (Å²) in [6, 6.07) is 7.80. The van der Waals surface area contributed by atoms with Crippen LogP contribution in [0.3, 0.4) is 0 Å². The fraction of sp³-hybridized carbons (Fsp3) is 0.562. The van der Waals surface area contributed by atoms with Gasteiger partial charge in [-0.25, -0.2) is 0 Å². The maximum absolute atomic E-state index is 11.8. The fourth-order valence-corrected chi connectivity index (χ4v) is 2.51. The molecule has 0 spiro atoms. The summed E-state index contributed by atoms with van der Waals surface area (Å²) in [7, 11) is 0. The molecule has 2 rings (SSSR count). The van der Waals surface area contributed by atoms with Crippen LogP contribution in [-0.4, -0.2) is 38.4 Å². The van der Waals surface area contributed by atoms with Crippen molar-refractivity contribution < 1.29 is 14.3 Å². The maximum atomic E-state index is 11.8. The first-order valence-electron chi connectivity index (χ1n) is 7.44. The van der Waals surface area contributed by atoms with Crippen molar-refractivity contribution >= 4 is 21.8 Å². The molecule has 116 valence electrons. The lowest BCUT2D eigenvalue weighted by Gasteiger charge is -2.10. The molecule has 4 nitrogen and oxygen atoms in total. The summed E-state index contributed by atoms with van der Waals surface area (Å²) in [5.41, 5.74) is 1.02. The lowest BCUT2D eigenvalue weighted by Crippen LogP contribution is -2.27. The number of halogens is 1. The average molecular weight is 356 g/mol. The van der Waals surface area contributed by atoms with Crippen LogP contribution in [0.4, 0.5) is 0 Å². The Balaban J connectivity index is 1.49. The minimum atomic E-state index is 0.0523. The monoisotopic (exact) mass is 355 g/mol. The zero-order chi connectivity index (χ0) is 14.9. The third-order valence-corrected chi connectivity index (χ3v) is 3.92. The van der Waals surface area contributed by atoms with E-state index in [1.54, 1.807) is 0 Å². The Morgan fingerprint density at radius 3 is 2.90 bits per heavy atom. The zero-order valence-electron chi connectivity index (χ0n) is 12.1. The first-order valence-corrected chi connectivity index (χ1v) is 8.24. The number of hydrogen-bond acceptors (Lipinski definition) is 3. The van der Waals surface area contributed by atoms with Crippen LogP contribution in [0.1, 0.15) is 24.8 Å². The van der Waals surface area contributed by atoms with Gasteiger partial charge in [0.15, 0.2) is 0 Å². The Morgan fingerprint density at radius 1 is 1.38 bits per heavy atom. The van der Waals surface area contributed by atoms with Crippen LogP contribution in [-0.2, 0) is 20.7 Å². The number of rotatable bonds is 8. The van der Waals surface area contributed by atoms with Crippen molar-refractivity contribution in [2.45, 2.75) is 31.8 Å². The van der Waals surface area contributed by atoms with E-state index in [4.69, 9.17) is 9.47 Å². The van der Waals surface area contributed by atoms with Crippen molar-refractivity contribution in [2.75, 3.05) is 26.4 Å². The second-order valence-electron chi connectivity index (χ2n) is 5.22. The van der Waals surface area contributed by atoms with E-state index in [9.17, 15) is 4.79 Å². The summed E-state index contributed by atoms with van der Waals surface area (Å²) in [5.74, 6) is 0.0523. The SMILES string of the molecule is O=C(Cc1ccc(Br)cc1)NCCCOCC1CCCO1. The topological polar surface area (TPSA) is 47.6 Å². The highest BCUT2D eigenvalue weighted by Gasteiger charge is 2.14.